The van der Waals surface area contributed by atoms with Crippen LogP contribution in [0, 0.1) is 10.3 Å². The van der Waals surface area contributed by atoms with E-state index in [1.807, 2.05) is 0 Å². The molecule has 1 heterocycles. The van der Waals surface area contributed by atoms with Gasteiger partial charge in [0.05, 0.1) is 16.7 Å². The number of carboxylic acids is 1. The second kappa shape index (κ2) is 3.22. The van der Waals surface area contributed by atoms with Crippen LogP contribution >= 0.6 is 0 Å². The summed E-state index contributed by atoms with van der Waals surface area (Å²) >= 11 is 0. The van der Waals surface area contributed by atoms with E-state index in [4.69, 9.17) is 0 Å². The van der Waals surface area contributed by atoms with E-state index in [0.717, 1.165) is 19.3 Å². The third-order valence-electron chi connectivity index (χ3n) is 3.67. The maximum atomic E-state index is 11.2. The lowest BCUT2D eigenvalue weighted by Gasteiger charge is -2.36. The fourth-order valence-electron chi connectivity index (χ4n) is 2.87. The van der Waals surface area contributed by atoms with Gasteiger partial charge in [-0.2, -0.15) is 0 Å². The number of nitrogens with zero attached hydrogens (tertiary/aromatic N) is 2. The molecule has 2 atom stereocenters. The molecule has 1 N–H and O–H groups in total. The van der Waals surface area contributed by atoms with Crippen LogP contribution in [0.2, 0.25) is 0 Å². The van der Waals surface area contributed by atoms with Gasteiger partial charge in [-0.15, -0.1) is 4.91 Å². The summed E-state index contributed by atoms with van der Waals surface area (Å²) in [5, 5.41) is 13.6. The van der Waals surface area contributed by atoms with Crippen molar-refractivity contribution < 1.29 is 9.90 Å². The summed E-state index contributed by atoms with van der Waals surface area (Å²) in [6.07, 6.45) is 4.01. The highest BCUT2D eigenvalue weighted by Crippen LogP contribution is 2.47. The number of hydrogen-bond donors (Lipinski definition) is 1. The molecule has 14 heavy (non-hydrogen) atoms. The van der Waals surface area contributed by atoms with E-state index >= 15 is 0 Å². The fraction of sp³-hybridized carbons (Fsp3) is 0.889. The monoisotopic (exact) mass is 198 g/mol. The zero-order valence-electron chi connectivity index (χ0n) is 7.98. The number of hydrogen-bond acceptors (Lipinski definition) is 3. The van der Waals surface area contributed by atoms with E-state index in [1.54, 1.807) is 0 Å². The second-order valence-corrected chi connectivity index (χ2v) is 4.22. The van der Waals surface area contributed by atoms with Crippen molar-refractivity contribution in [1.82, 2.24) is 5.01 Å². The molecule has 2 unspecified atom stereocenters. The molecule has 0 radical (unpaired) electrons. The number of aliphatic carboxylic acids is 1. The lowest BCUT2D eigenvalue weighted by molar-refractivity contribution is -0.152. The van der Waals surface area contributed by atoms with Gasteiger partial charge in [0.15, 0.2) is 0 Å². The van der Waals surface area contributed by atoms with Crippen LogP contribution in [-0.2, 0) is 4.79 Å². The summed E-state index contributed by atoms with van der Waals surface area (Å²) in [7, 11) is 0. The molecule has 0 bridgehead atoms. The fourth-order valence-corrected chi connectivity index (χ4v) is 2.87. The van der Waals surface area contributed by atoms with Gasteiger partial charge in [-0.1, -0.05) is 12.8 Å². The minimum Gasteiger partial charge on any atom is -0.481 e. The van der Waals surface area contributed by atoms with Gasteiger partial charge >= 0.3 is 5.97 Å². The van der Waals surface area contributed by atoms with Crippen molar-refractivity contribution >= 4 is 5.97 Å². The molecule has 1 saturated carbocycles. The van der Waals surface area contributed by atoms with Crippen molar-refractivity contribution in [2.45, 2.75) is 38.1 Å². The van der Waals surface area contributed by atoms with E-state index in [0.29, 0.717) is 19.4 Å². The van der Waals surface area contributed by atoms with E-state index in [-0.39, 0.29) is 6.04 Å². The van der Waals surface area contributed by atoms with Crippen LogP contribution in [0.15, 0.2) is 5.29 Å². The Bertz CT molecular complexity index is 269. The number of carboxylic acid groups (broad SMARTS) is 1. The van der Waals surface area contributed by atoms with Gasteiger partial charge in [-0.3, -0.25) is 9.80 Å². The normalized spacial score (nSPS) is 36.6. The number of rotatable bonds is 2. The van der Waals surface area contributed by atoms with Gasteiger partial charge in [0.25, 0.3) is 0 Å². The third kappa shape index (κ3) is 1.11. The largest absolute Gasteiger partial charge is 0.481 e. The van der Waals surface area contributed by atoms with Gasteiger partial charge in [-0.05, 0) is 19.3 Å². The van der Waals surface area contributed by atoms with E-state index < -0.39 is 11.4 Å². The Morgan fingerprint density at radius 1 is 1.43 bits per heavy atom. The van der Waals surface area contributed by atoms with Crippen molar-refractivity contribution in [2.75, 3.05) is 6.54 Å². The Morgan fingerprint density at radius 2 is 2.21 bits per heavy atom. The average Bonchev–Trinajstić information content (AvgIpc) is 2.57. The van der Waals surface area contributed by atoms with Crippen molar-refractivity contribution in [1.29, 1.82) is 0 Å². The molecule has 0 aromatic rings. The van der Waals surface area contributed by atoms with Crippen LogP contribution in [0.4, 0.5) is 0 Å². The maximum Gasteiger partial charge on any atom is 0.311 e. The Balaban J connectivity index is 2.28. The molecule has 5 nitrogen and oxygen atoms in total. The molecule has 2 aliphatic rings. The van der Waals surface area contributed by atoms with Crippen LogP contribution in [0.3, 0.4) is 0 Å². The molecular formula is C9H14N2O3. The predicted octanol–water partition coefficient (Wildman–Crippen LogP) is 1.39. The first-order valence-electron chi connectivity index (χ1n) is 5.04. The molecule has 78 valence electrons. The molecule has 1 aliphatic heterocycles. The van der Waals surface area contributed by atoms with Crippen LogP contribution in [0.1, 0.15) is 32.1 Å². The minimum absolute atomic E-state index is 0.161. The van der Waals surface area contributed by atoms with E-state index in [1.165, 1.54) is 5.01 Å². The maximum absolute atomic E-state index is 11.2. The summed E-state index contributed by atoms with van der Waals surface area (Å²) in [6.45, 7) is 0.500. The topological polar surface area (TPSA) is 70.0 Å². The quantitative estimate of drug-likeness (QED) is 0.680. The molecule has 1 aliphatic carbocycles. The highest BCUT2D eigenvalue weighted by molar-refractivity contribution is 5.76. The highest BCUT2D eigenvalue weighted by Gasteiger charge is 2.54. The first-order chi connectivity index (χ1) is 6.70. The molecule has 2 rings (SSSR count). The standard InChI is InChI=1S/C9H14N2O3/c12-8(13)9-4-2-1-3-7(9)11(10-14)6-5-9/h7H,1-6H2,(H,12,13). The minimum atomic E-state index is -0.756. The summed E-state index contributed by atoms with van der Waals surface area (Å²) in [5.74, 6) is -0.756. The summed E-state index contributed by atoms with van der Waals surface area (Å²) in [5.41, 5.74) is -0.688. The lowest BCUT2D eigenvalue weighted by atomic mass is 9.70. The zero-order chi connectivity index (χ0) is 10.2. The summed E-state index contributed by atoms with van der Waals surface area (Å²) in [6, 6.07) is -0.161. The molecule has 0 aromatic carbocycles. The van der Waals surface area contributed by atoms with Crippen molar-refractivity contribution in [3.05, 3.63) is 4.91 Å². The Morgan fingerprint density at radius 3 is 2.86 bits per heavy atom. The Labute approximate surface area is 82.0 Å². The highest BCUT2D eigenvalue weighted by atomic mass is 16.4. The zero-order valence-corrected chi connectivity index (χ0v) is 7.98. The second-order valence-electron chi connectivity index (χ2n) is 4.22. The van der Waals surface area contributed by atoms with Crippen LogP contribution in [0.25, 0.3) is 0 Å². The SMILES string of the molecule is O=NN1CCC2(C(=O)O)CCCCC12. The third-order valence-corrected chi connectivity index (χ3v) is 3.67. The molecular weight excluding hydrogens is 184 g/mol. The number of fused-ring (bicyclic) bond motifs is 1. The molecule has 2 fully saturated rings. The van der Waals surface area contributed by atoms with Gasteiger partial charge in [0.1, 0.15) is 0 Å². The van der Waals surface area contributed by atoms with Gasteiger partial charge in [0, 0.05) is 6.54 Å². The number of carbonyl (C=O) groups is 1. The van der Waals surface area contributed by atoms with Crippen LogP contribution in [-0.4, -0.2) is 28.7 Å². The van der Waals surface area contributed by atoms with E-state index in [9.17, 15) is 14.8 Å². The molecule has 0 aromatic heterocycles. The van der Waals surface area contributed by atoms with Crippen molar-refractivity contribution in [3.63, 3.8) is 0 Å². The molecule has 0 spiro atoms. The van der Waals surface area contributed by atoms with Crippen molar-refractivity contribution in [3.8, 4) is 0 Å². The average molecular weight is 198 g/mol. The van der Waals surface area contributed by atoms with Gasteiger partial charge < -0.3 is 5.11 Å². The van der Waals surface area contributed by atoms with Gasteiger partial charge in [-0.25, -0.2) is 0 Å². The van der Waals surface area contributed by atoms with E-state index in [2.05, 4.69) is 5.29 Å². The van der Waals surface area contributed by atoms with Crippen molar-refractivity contribution in [2.24, 2.45) is 10.7 Å². The summed E-state index contributed by atoms with van der Waals surface area (Å²) < 4.78 is 0. The Hall–Kier alpha value is -1.13. The Kier molecular flexibility index (Phi) is 2.17. The smallest absolute Gasteiger partial charge is 0.311 e. The van der Waals surface area contributed by atoms with Crippen LogP contribution < -0.4 is 0 Å². The molecule has 0 amide bonds. The number of nitroso groups, excluding NO2 is 1. The van der Waals surface area contributed by atoms with Crippen LogP contribution in [0.5, 0.6) is 0 Å². The molecule has 5 heteroatoms. The first kappa shape index (κ1) is 9.43. The summed E-state index contributed by atoms with van der Waals surface area (Å²) in [4.78, 5) is 21.8. The molecule has 1 saturated heterocycles. The first-order valence-corrected chi connectivity index (χ1v) is 5.04. The lowest BCUT2D eigenvalue weighted by Crippen LogP contribution is -2.45. The predicted molar refractivity (Wildman–Crippen MR) is 49.4 cm³/mol. The van der Waals surface area contributed by atoms with Gasteiger partial charge in [0.2, 0.25) is 0 Å².